The summed E-state index contributed by atoms with van der Waals surface area (Å²) in [5.74, 6) is -0.821. The average molecular weight is 251 g/mol. The number of methoxy groups -OCH3 is 1. The molecule has 2 N–H and O–H groups in total. The maximum Gasteiger partial charge on any atom is 0.312 e. The first-order valence-electron chi connectivity index (χ1n) is 5.56. The van der Waals surface area contributed by atoms with E-state index in [1.54, 1.807) is 7.11 Å². The Balaban J connectivity index is 2.71. The van der Waals surface area contributed by atoms with E-state index in [0.717, 1.165) is 22.4 Å². The molecule has 1 aromatic carbocycles. The van der Waals surface area contributed by atoms with Crippen molar-refractivity contribution in [3.05, 3.63) is 28.8 Å². The molecule has 5 heteroatoms. The van der Waals surface area contributed by atoms with Gasteiger partial charge >= 0.3 is 5.97 Å². The fraction of sp³-hybridized carbons (Fsp3) is 0.385. The van der Waals surface area contributed by atoms with Gasteiger partial charge in [-0.1, -0.05) is 6.07 Å². The Kier molecular flexibility index (Phi) is 4.71. The lowest BCUT2D eigenvalue weighted by molar-refractivity contribution is -0.140. The van der Waals surface area contributed by atoms with Gasteiger partial charge in [-0.3, -0.25) is 9.59 Å². The summed E-state index contributed by atoms with van der Waals surface area (Å²) in [5.41, 5.74) is 2.92. The molecule has 0 fully saturated rings. The molecule has 0 saturated heterocycles. The summed E-state index contributed by atoms with van der Waals surface area (Å²) in [5, 5.41) is 11.0. The van der Waals surface area contributed by atoms with Gasteiger partial charge in [0, 0.05) is 6.54 Å². The Bertz CT molecular complexity index is 468. The van der Waals surface area contributed by atoms with E-state index in [-0.39, 0.29) is 0 Å². The second-order valence-electron chi connectivity index (χ2n) is 4.10. The summed E-state index contributed by atoms with van der Waals surface area (Å²) in [6.07, 6.45) is -0.506. The van der Waals surface area contributed by atoms with Gasteiger partial charge < -0.3 is 15.2 Å². The van der Waals surface area contributed by atoms with Crippen molar-refractivity contribution < 1.29 is 19.4 Å². The zero-order valence-electron chi connectivity index (χ0n) is 10.7. The van der Waals surface area contributed by atoms with E-state index in [1.807, 2.05) is 26.0 Å². The van der Waals surface area contributed by atoms with Crippen LogP contribution < -0.4 is 10.1 Å². The largest absolute Gasteiger partial charge is 0.496 e. The van der Waals surface area contributed by atoms with Crippen LogP contribution in [0.3, 0.4) is 0 Å². The van der Waals surface area contributed by atoms with Crippen LogP contribution in [0.25, 0.3) is 0 Å². The van der Waals surface area contributed by atoms with Crippen LogP contribution in [0.15, 0.2) is 12.1 Å². The van der Waals surface area contributed by atoms with E-state index in [2.05, 4.69) is 5.32 Å². The van der Waals surface area contributed by atoms with Crippen LogP contribution in [0.5, 0.6) is 5.75 Å². The van der Waals surface area contributed by atoms with Crippen molar-refractivity contribution in [1.82, 2.24) is 5.32 Å². The number of benzene rings is 1. The predicted molar refractivity (Wildman–Crippen MR) is 66.6 cm³/mol. The van der Waals surface area contributed by atoms with Crippen LogP contribution >= 0.6 is 0 Å². The number of rotatable bonds is 5. The molecule has 0 spiro atoms. The van der Waals surface area contributed by atoms with Gasteiger partial charge in [0.1, 0.15) is 12.2 Å². The first-order valence-corrected chi connectivity index (χ1v) is 5.56. The van der Waals surface area contributed by atoms with Gasteiger partial charge in [-0.15, -0.1) is 0 Å². The maximum atomic E-state index is 11.2. The van der Waals surface area contributed by atoms with Crippen molar-refractivity contribution >= 4 is 11.9 Å². The predicted octanol–water partition coefficient (Wildman–Crippen LogP) is 1.40. The Labute approximate surface area is 106 Å². The highest BCUT2D eigenvalue weighted by atomic mass is 16.5. The quantitative estimate of drug-likeness (QED) is 0.776. The lowest BCUT2D eigenvalue weighted by atomic mass is 10.0. The molecule has 5 nitrogen and oxygen atoms in total. The molecule has 0 radical (unpaired) electrons. The van der Waals surface area contributed by atoms with Crippen molar-refractivity contribution in [2.24, 2.45) is 0 Å². The Morgan fingerprint density at radius 3 is 2.50 bits per heavy atom. The zero-order chi connectivity index (χ0) is 13.7. The zero-order valence-corrected chi connectivity index (χ0v) is 10.7. The Hall–Kier alpha value is -2.04. The molecule has 0 bridgehead atoms. The molecule has 0 atom stereocenters. The van der Waals surface area contributed by atoms with Crippen molar-refractivity contribution in [3.63, 3.8) is 0 Å². The minimum Gasteiger partial charge on any atom is -0.496 e. The summed E-state index contributed by atoms with van der Waals surface area (Å²) in [6, 6.07) is 3.82. The van der Waals surface area contributed by atoms with Crippen LogP contribution in [-0.2, 0) is 16.1 Å². The number of hydrogen-bond donors (Lipinski definition) is 2. The van der Waals surface area contributed by atoms with E-state index >= 15 is 0 Å². The summed E-state index contributed by atoms with van der Waals surface area (Å²) >= 11 is 0. The second-order valence-corrected chi connectivity index (χ2v) is 4.10. The number of aryl methyl sites for hydroxylation is 2. The first-order chi connectivity index (χ1) is 8.43. The highest BCUT2D eigenvalue weighted by Gasteiger charge is 2.09. The maximum absolute atomic E-state index is 11.2. The van der Waals surface area contributed by atoms with Gasteiger partial charge in [-0.25, -0.2) is 0 Å². The molecule has 0 aromatic heterocycles. The normalized spacial score (nSPS) is 9.94. The van der Waals surface area contributed by atoms with Gasteiger partial charge in [-0.2, -0.15) is 0 Å². The van der Waals surface area contributed by atoms with Crippen molar-refractivity contribution in [3.8, 4) is 5.75 Å². The number of carbonyl (C=O) groups is 2. The molecule has 98 valence electrons. The molecule has 1 rings (SSSR count). The monoisotopic (exact) mass is 251 g/mol. The van der Waals surface area contributed by atoms with Crippen molar-refractivity contribution in [2.45, 2.75) is 26.8 Å². The van der Waals surface area contributed by atoms with Crippen LogP contribution in [0.4, 0.5) is 0 Å². The molecule has 0 saturated carbocycles. The summed E-state index contributed by atoms with van der Waals surface area (Å²) in [6.45, 7) is 4.16. The molecule has 0 aliphatic carbocycles. The molecule has 1 amide bonds. The highest BCUT2D eigenvalue weighted by Crippen LogP contribution is 2.22. The third-order valence-corrected chi connectivity index (χ3v) is 2.64. The molecule has 1 aromatic rings. The van der Waals surface area contributed by atoms with Crippen LogP contribution in [0, 0.1) is 13.8 Å². The smallest absolute Gasteiger partial charge is 0.312 e. The minimum absolute atomic E-state index is 0.322. The van der Waals surface area contributed by atoms with E-state index in [9.17, 15) is 9.59 Å². The van der Waals surface area contributed by atoms with Crippen LogP contribution in [0.2, 0.25) is 0 Å². The van der Waals surface area contributed by atoms with Gasteiger partial charge in [0.25, 0.3) is 0 Å². The number of hydrogen-bond acceptors (Lipinski definition) is 3. The SMILES string of the molecule is COc1cc(C)c(CNC(=O)CC(=O)O)cc1C. The lowest BCUT2D eigenvalue weighted by Gasteiger charge is -2.11. The number of carboxylic acids is 1. The van der Waals surface area contributed by atoms with Gasteiger partial charge in [0.05, 0.1) is 7.11 Å². The number of amides is 1. The molecular formula is C13H17NO4. The van der Waals surface area contributed by atoms with Gasteiger partial charge in [0.2, 0.25) is 5.91 Å². The topological polar surface area (TPSA) is 75.6 Å². The minimum atomic E-state index is -1.13. The Morgan fingerprint density at radius 1 is 1.28 bits per heavy atom. The third kappa shape index (κ3) is 3.76. The molecule has 0 aliphatic heterocycles. The van der Waals surface area contributed by atoms with E-state index in [4.69, 9.17) is 9.84 Å². The molecule has 0 aliphatic rings. The molecular weight excluding hydrogens is 234 g/mol. The third-order valence-electron chi connectivity index (χ3n) is 2.64. The first kappa shape index (κ1) is 14.0. The van der Waals surface area contributed by atoms with E-state index < -0.39 is 18.3 Å². The van der Waals surface area contributed by atoms with E-state index in [1.165, 1.54) is 0 Å². The van der Waals surface area contributed by atoms with Crippen molar-refractivity contribution in [1.29, 1.82) is 0 Å². The fourth-order valence-corrected chi connectivity index (χ4v) is 1.65. The molecule has 0 unspecified atom stereocenters. The molecule has 0 heterocycles. The number of ether oxygens (including phenoxy) is 1. The van der Waals surface area contributed by atoms with E-state index in [0.29, 0.717) is 6.54 Å². The molecule has 18 heavy (non-hydrogen) atoms. The lowest BCUT2D eigenvalue weighted by Crippen LogP contribution is -2.25. The number of carbonyl (C=O) groups excluding carboxylic acids is 1. The standard InChI is InChI=1S/C13H17NO4/c1-8-5-11(18-3)9(2)4-10(8)7-14-12(15)6-13(16)17/h4-5H,6-7H2,1-3H3,(H,14,15)(H,16,17). The summed E-state index contributed by atoms with van der Waals surface area (Å²) in [7, 11) is 1.61. The number of aliphatic carboxylic acids is 1. The van der Waals surface area contributed by atoms with Crippen molar-refractivity contribution in [2.75, 3.05) is 7.11 Å². The van der Waals surface area contributed by atoms with Gasteiger partial charge in [0.15, 0.2) is 0 Å². The second kappa shape index (κ2) is 6.05. The van der Waals surface area contributed by atoms with Crippen LogP contribution in [-0.4, -0.2) is 24.1 Å². The highest BCUT2D eigenvalue weighted by molar-refractivity contribution is 5.93. The fourth-order valence-electron chi connectivity index (χ4n) is 1.65. The Morgan fingerprint density at radius 2 is 1.94 bits per heavy atom. The number of nitrogens with one attached hydrogen (secondary N) is 1. The summed E-state index contributed by atoms with van der Waals surface area (Å²) in [4.78, 5) is 21.6. The van der Waals surface area contributed by atoms with Crippen LogP contribution in [0.1, 0.15) is 23.1 Å². The van der Waals surface area contributed by atoms with Gasteiger partial charge in [-0.05, 0) is 36.6 Å². The summed E-state index contributed by atoms with van der Waals surface area (Å²) < 4.78 is 5.19. The number of carboxylic acid groups (broad SMARTS) is 1. The average Bonchev–Trinajstić information content (AvgIpc) is 2.28.